The van der Waals surface area contributed by atoms with Crippen molar-refractivity contribution in [3.63, 3.8) is 0 Å². The monoisotopic (exact) mass is 252 g/mol. The van der Waals surface area contributed by atoms with Crippen molar-refractivity contribution in [1.82, 2.24) is 10.3 Å². The van der Waals surface area contributed by atoms with Gasteiger partial charge in [0.15, 0.2) is 0 Å². The van der Waals surface area contributed by atoms with Crippen molar-refractivity contribution in [3.05, 3.63) is 39.7 Å². The molecule has 0 spiro atoms. The topological polar surface area (TPSA) is 58.3 Å². The zero-order valence-corrected chi connectivity index (χ0v) is 10.8. The Morgan fingerprint density at radius 2 is 2.35 bits per heavy atom. The zero-order valence-electron chi connectivity index (χ0n) is 9.93. The summed E-state index contributed by atoms with van der Waals surface area (Å²) < 4.78 is 5.43. The molecule has 17 heavy (non-hydrogen) atoms. The number of nitrogens with zero attached hydrogens (tertiary/aromatic N) is 1. The van der Waals surface area contributed by atoms with Crippen molar-refractivity contribution in [3.8, 4) is 0 Å². The maximum Gasteiger partial charge on any atom is 0.208 e. The second kappa shape index (κ2) is 5.44. The summed E-state index contributed by atoms with van der Waals surface area (Å²) in [4.78, 5) is 4.26. The highest BCUT2D eigenvalue weighted by atomic mass is 32.1. The molecule has 92 valence electrons. The predicted octanol–water partition coefficient (Wildman–Crippen LogP) is 2.18. The third kappa shape index (κ3) is 3.15. The summed E-state index contributed by atoms with van der Waals surface area (Å²) in [5, 5.41) is 16.9. The van der Waals surface area contributed by atoms with Gasteiger partial charge >= 0.3 is 0 Å². The highest BCUT2D eigenvalue weighted by Gasteiger charge is 2.09. The van der Waals surface area contributed by atoms with Crippen molar-refractivity contribution >= 4 is 11.3 Å². The van der Waals surface area contributed by atoms with Crippen LogP contribution in [0.4, 0.5) is 0 Å². The molecule has 0 aliphatic rings. The van der Waals surface area contributed by atoms with E-state index in [1.54, 1.807) is 11.3 Å². The number of hydrogen-bond acceptors (Lipinski definition) is 5. The van der Waals surface area contributed by atoms with Crippen LogP contribution in [0, 0.1) is 13.8 Å². The van der Waals surface area contributed by atoms with Gasteiger partial charge in [-0.05, 0) is 36.2 Å². The molecule has 0 saturated carbocycles. The smallest absolute Gasteiger partial charge is 0.208 e. The third-order valence-corrected chi connectivity index (χ3v) is 3.32. The van der Waals surface area contributed by atoms with Crippen molar-refractivity contribution in [2.24, 2.45) is 0 Å². The van der Waals surface area contributed by atoms with E-state index >= 15 is 0 Å². The summed E-state index contributed by atoms with van der Waals surface area (Å²) in [7, 11) is 0. The minimum absolute atomic E-state index is 0.474. The lowest BCUT2D eigenvalue weighted by molar-refractivity contribution is 0.173. The fraction of sp³-hybridized carbons (Fsp3) is 0.417. The SMILES string of the molecule is Cc1nc(CNCC(O)c2ccsc2)oc1C. The minimum atomic E-state index is -0.474. The molecule has 4 nitrogen and oxygen atoms in total. The second-order valence-electron chi connectivity index (χ2n) is 3.95. The molecule has 1 unspecified atom stereocenters. The molecule has 0 amide bonds. The number of thiophene rings is 1. The van der Waals surface area contributed by atoms with Crippen LogP contribution in [-0.2, 0) is 6.54 Å². The van der Waals surface area contributed by atoms with Gasteiger partial charge in [0.25, 0.3) is 0 Å². The van der Waals surface area contributed by atoms with E-state index in [2.05, 4.69) is 10.3 Å². The van der Waals surface area contributed by atoms with Crippen LogP contribution < -0.4 is 5.32 Å². The van der Waals surface area contributed by atoms with Crippen LogP contribution in [0.15, 0.2) is 21.2 Å². The van der Waals surface area contributed by atoms with Crippen LogP contribution in [0.3, 0.4) is 0 Å². The summed E-state index contributed by atoms with van der Waals surface area (Å²) in [6.45, 7) is 4.85. The molecule has 0 fully saturated rings. The Balaban J connectivity index is 1.80. The predicted molar refractivity (Wildman–Crippen MR) is 67.0 cm³/mol. The molecule has 0 radical (unpaired) electrons. The van der Waals surface area contributed by atoms with Gasteiger partial charge in [-0.25, -0.2) is 4.98 Å². The first-order chi connectivity index (χ1) is 8.16. The Hall–Kier alpha value is -1.17. The van der Waals surface area contributed by atoms with Crippen LogP contribution in [0.5, 0.6) is 0 Å². The van der Waals surface area contributed by atoms with Gasteiger partial charge in [0.2, 0.25) is 5.89 Å². The van der Waals surface area contributed by atoms with Gasteiger partial charge in [0, 0.05) is 6.54 Å². The number of aliphatic hydroxyl groups is 1. The van der Waals surface area contributed by atoms with Gasteiger partial charge in [-0.15, -0.1) is 0 Å². The fourth-order valence-electron chi connectivity index (χ4n) is 1.51. The van der Waals surface area contributed by atoms with Gasteiger partial charge in [-0.1, -0.05) is 0 Å². The van der Waals surface area contributed by atoms with Crippen LogP contribution in [0.1, 0.15) is 29.0 Å². The normalized spacial score (nSPS) is 12.9. The van der Waals surface area contributed by atoms with E-state index < -0.39 is 6.10 Å². The maximum absolute atomic E-state index is 9.84. The first kappa shape index (κ1) is 12.3. The molecular formula is C12H16N2O2S. The Morgan fingerprint density at radius 3 is 2.94 bits per heavy atom. The molecule has 2 aromatic heterocycles. The van der Waals surface area contributed by atoms with Crippen molar-refractivity contribution in [2.75, 3.05) is 6.54 Å². The largest absolute Gasteiger partial charge is 0.444 e. The van der Waals surface area contributed by atoms with E-state index in [0.717, 1.165) is 17.0 Å². The molecule has 0 aliphatic heterocycles. The van der Waals surface area contributed by atoms with Crippen LogP contribution in [0.2, 0.25) is 0 Å². The average molecular weight is 252 g/mol. The Labute approximate surface area is 104 Å². The Kier molecular flexibility index (Phi) is 3.93. The number of rotatable bonds is 5. The van der Waals surface area contributed by atoms with E-state index in [4.69, 9.17) is 4.42 Å². The maximum atomic E-state index is 9.84. The Morgan fingerprint density at radius 1 is 1.53 bits per heavy atom. The van der Waals surface area contributed by atoms with Crippen molar-refractivity contribution in [1.29, 1.82) is 0 Å². The lowest BCUT2D eigenvalue weighted by atomic mass is 10.2. The van der Waals surface area contributed by atoms with E-state index in [1.807, 2.05) is 30.7 Å². The van der Waals surface area contributed by atoms with Gasteiger partial charge in [-0.2, -0.15) is 11.3 Å². The fourth-order valence-corrected chi connectivity index (χ4v) is 2.22. The van der Waals surface area contributed by atoms with Gasteiger partial charge in [0.1, 0.15) is 5.76 Å². The standard InChI is InChI=1S/C12H16N2O2S/c1-8-9(2)16-12(14-8)6-13-5-11(15)10-3-4-17-7-10/h3-4,7,11,13,15H,5-6H2,1-2H3. The number of aromatic nitrogens is 1. The van der Waals surface area contributed by atoms with Crippen LogP contribution in [-0.4, -0.2) is 16.6 Å². The quantitative estimate of drug-likeness (QED) is 0.856. The number of nitrogens with one attached hydrogen (secondary N) is 1. The van der Waals surface area contributed by atoms with Gasteiger partial charge in [-0.3, -0.25) is 0 Å². The van der Waals surface area contributed by atoms with E-state index in [0.29, 0.717) is 19.0 Å². The van der Waals surface area contributed by atoms with Crippen molar-refractivity contribution in [2.45, 2.75) is 26.5 Å². The molecule has 0 bridgehead atoms. The van der Waals surface area contributed by atoms with Crippen molar-refractivity contribution < 1.29 is 9.52 Å². The van der Waals surface area contributed by atoms with Gasteiger partial charge < -0.3 is 14.8 Å². The molecule has 2 heterocycles. The lowest BCUT2D eigenvalue weighted by Crippen LogP contribution is -2.20. The molecule has 1 atom stereocenters. The molecular weight excluding hydrogens is 236 g/mol. The minimum Gasteiger partial charge on any atom is -0.444 e. The Bertz CT molecular complexity index is 445. The summed E-state index contributed by atoms with van der Waals surface area (Å²) in [5.74, 6) is 1.51. The summed E-state index contributed by atoms with van der Waals surface area (Å²) in [6, 6.07) is 1.93. The van der Waals surface area contributed by atoms with E-state index in [9.17, 15) is 5.11 Å². The third-order valence-electron chi connectivity index (χ3n) is 2.61. The van der Waals surface area contributed by atoms with Gasteiger partial charge in [0.05, 0.1) is 18.3 Å². The number of hydrogen-bond donors (Lipinski definition) is 2. The molecule has 5 heteroatoms. The average Bonchev–Trinajstić information content (AvgIpc) is 2.90. The second-order valence-corrected chi connectivity index (χ2v) is 4.73. The molecule has 0 saturated heterocycles. The molecule has 2 rings (SSSR count). The summed E-state index contributed by atoms with van der Waals surface area (Å²) in [5.41, 5.74) is 1.86. The first-order valence-corrected chi connectivity index (χ1v) is 6.45. The van der Waals surface area contributed by atoms with E-state index in [-0.39, 0.29) is 0 Å². The summed E-state index contributed by atoms with van der Waals surface area (Å²) >= 11 is 1.58. The number of oxazole rings is 1. The molecule has 0 aromatic carbocycles. The number of aliphatic hydroxyl groups excluding tert-OH is 1. The number of aryl methyl sites for hydroxylation is 2. The highest BCUT2D eigenvalue weighted by molar-refractivity contribution is 7.07. The summed E-state index contributed by atoms with van der Waals surface area (Å²) in [6.07, 6.45) is -0.474. The zero-order chi connectivity index (χ0) is 12.3. The van der Waals surface area contributed by atoms with Crippen LogP contribution >= 0.6 is 11.3 Å². The molecule has 2 N–H and O–H groups in total. The molecule has 2 aromatic rings. The van der Waals surface area contributed by atoms with E-state index in [1.165, 1.54) is 0 Å². The first-order valence-electron chi connectivity index (χ1n) is 5.50. The molecule has 0 aliphatic carbocycles. The highest BCUT2D eigenvalue weighted by Crippen LogP contribution is 2.15. The lowest BCUT2D eigenvalue weighted by Gasteiger charge is -2.08. The van der Waals surface area contributed by atoms with Crippen LogP contribution in [0.25, 0.3) is 0 Å².